The van der Waals surface area contributed by atoms with E-state index in [0.29, 0.717) is 19.4 Å². The third-order valence-electron chi connectivity index (χ3n) is 3.70. The van der Waals surface area contributed by atoms with E-state index in [0.717, 1.165) is 28.5 Å². The Hall–Kier alpha value is -1.05. The molecule has 0 atom stereocenters. The summed E-state index contributed by atoms with van der Waals surface area (Å²) in [5, 5.41) is 9.42. The van der Waals surface area contributed by atoms with Gasteiger partial charge in [-0.05, 0) is 25.0 Å². The Balaban J connectivity index is 2.07. The second kappa shape index (κ2) is 5.94. The Kier molecular flexibility index (Phi) is 4.49. The van der Waals surface area contributed by atoms with Crippen LogP contribution in [-0.4, -0.2) is 17.9 Å². The van der Waals surface area contributed by atoms with Crippen LogP contribution in [0.1, 0.15) is 37.0 Å². The molecular formula is C14H17ClN2OS. The van der Waals surface area contributed by atoms with Crippen LogP contribution in [0.5, 0.6) is 0 Å². The zero-order chi connectivity index (χ0) is 13.9. The summed E-state index contributed by atoms with van der Waals surface area (Å²) in [6, 6.07) is 6.04. The van der Waals surface area contributed by atoms with E-state index in [2.05, 4.69) is 6.07 Å². The second-order valence-corrected chi connectivity index (χ2v) is 6.92. The van der Waals surface area contributed by atoms with Crippen LogP contribution >= 0.6 is 22.9 Å². The fourth-order valence-corrected chi connectivity index (χ4v) is 3.78. The molecule has 0 aromatic carbocycles. The lowest BCUT2D eigenvalue weighted by molar-refractivity contribution is -0.139. The van der Waals surface area contributed by atoms with Crippen molar-refractivity contribution in [3.05, 3.63) is 21.3 Å². The van der Waals surface area contributed by atoms with E-state index in [1.807, 2.05) is 12.1 Å². The highest BCUT2D eigenvalue weighted by Gasteiger charge is 2.41. The minimum atomic E-state index is -0.798. The first-order valence-corrected chi connectivity index (χ1v) is 7.68. The van der Waals surface area contributed by atoms with Crippen molar-refractivity contribution in [3.63, 3.8) is 0 Å². The molecule has 1 amide bonds. The topological polar surface area (TPSA) is 44.1 Å². The van der Waals surface area contributed by atoms with Gasteiger partial charge in [0, 0.05) is 11.9 Å². The van der Waals surface area contributed by atoms with Gasteiger partial charge in [0.1, 0.15) is 5.41 Å². The Morgan fingerprint density at radius 1 is 1.47 bits per heavy atom. The number of carbonyl (C=O) groups is 1. The van der Waals surface area contributed by atoms with Crippen molar-refractivity contribution in [2.24, 2.45) is 5.41 Å². The van der Waals surface area contributed by atoms with Gasteiger partial charge in [0.05, 0.1) is 17.0 Å². The maximum absolute atomic E-state index is 12.5. The number of carbonyl (C=O) groups excluding carboxylic acids is 1. The predicted octanol–water partition coefficient (Wildman–Crippen LogP) is 3.83. The minimum Gasteiger partial charge on any atom is -0.339 e. The molecule has 1 heterocycles. The Morgan fingerprint density at radius 2 is 2.16 bits per heavy atom. The molecule has 19 heavy (non-hydrogen) atoms. The fraction of sp³-hybridized carbons (Fsp3) is 0.571. The van der Waals surface area contributed by atoms with Gasteiger partial charge in [-0.1, -0.05) is 30.9 Å². The lowest BCUT2D eigenvalue weighted by Gasteiger charge is -2.32. The van der Waals surface area contributed by atoms with E-state index >= 15 is 0 Å². The van der Waals surface area contributed by atoms with Crippen LogP contribution in [0.15, 0.2) is 12.1 Å². The number of halogens is 1. The third-order valence-corrected chi connectivity index (χ3v) is 4.91. The van der Waals surface area contributed by atoms with Gasteiger partial charge in [-0.25, -0.2) is 0 Å². The summed E-state index contributed by atoms with van der Waals surface area (Å²) in [7, 11) is 1.77. The molecule has 5 heteroatoms. The molecule has 0 bridgehead atoms. The summed E-state index contributed by atoms with van der Waals surface area (Å²) in [4.78, 5) is 15.2. The number of amides is 1. The van der Waals surface area contributed by atoms with Gasteiger partial charge in [0.25, 0.3) is 0 Å². The van der Waals surface area contributed by atoms with Gasteiger partial charge in [-0.3, -0.25) is 4.79 Å². The number of nitrogens with zero attached hydrogens (tertiary/aromatic N) is 2. The Labute approximate surface area is 122 Å². The smallest absolute Gasteiger partial charge is 0.243 e. The van der Waals surface area contributed by atoms with Gasteiger partial charge in [0.2, 0.25) is 5.91 Å². The van der Waals surface area contributed by atoms with Gasteiger partial charge < -0.3 is 4.90 Å². The molecule has 0 N–H and O–H groups in total. The van der Waals surface area contributed by atoms with Crippen molar-refractivity contribution in [3.8, 4) is 6.07 Å². The monoisotopic (exact) mass is 296 g/mol. The summed E-state index contributed by atoms with van der Waals surface area (Å²) < 4.78 is 0.725. The van der Waals surface area contributed by atoms with E-state index < -0.39 is 5.41 Å². The van der Waals surface area contributed by atoms with Crippen LogP contribution in [-0.2, 0) is 11.3 Å². The normalized spacial score (nSPS) is 17.7. The van der Waals surface area contributed by atoms with Crippen LogP contribution in [0.3, 0.4) is 0 Å². The molecule has 0 radical (unpaired) electrons. The zero-order valence-corrected chi connectivity index (χ0v) is 12.6. The molecule has 0 saturated heterocycles. The van der Waals surface area contributed by atoms with Crippen LogP contribution < -0.4 is 0 Å². The summed E-state index contributed by atoms with van der Waals surface area (Å²) >= 11 is 7.36. The molecule has 0 aliphatic heterocycles. The summed E-state index contributed by atoms with van der Waals surface area (Å²) in [5.74, 6) is -0.0424. The quantitative estimate of drug-likeness (QED) is 0.851. The molecule has 1 saturated carbocycles. The van der Waals surface area contributed by atoms with Crippen LogP contribution in [0.4, 0.5) is 0 Å². The lowest BCUT2D eigenvalue weighted by Crippen LogP contribution is -2.42. The van der Waals surface area contributed by atoms with E-state index in [4.69, 9.17) is 11.6 Å². The van der Waals surface area contributed by atoms with Gasteiger partial charge >= 0.3 is 0 Å². The van der Waals surface area contributed by atoms with E-state index in [-0.39, 0.29) is 5.91 Å². The van der Waals surface area contributed by atoms with Crippen molar-refractivity contribution in [2.45, 2.75) is 38.6 Å². The number of rotatable bonds is 3. The predicted molar refractivity (Wildman–Crippen MR) is 76.9 cm³/mol. The Morgan fingerprint density at radius 3 is 2.68 bits per heavy atom. The van der Waals surface area contributed by atoms with Crippen LogP contribution in [0, 0.1) is 16.7 Å². The molecular weight excluding hydrogens is 280 g/mol. The van der Waals surface area contributed by atoms with Gasteiger partial charge in [-0.15, -0.1) is 11.3 Å². The Bertz CT molecular complexity index is 500. The summed E-state index contributed by atoms with van der Waals surface area (Å²) in [6.45, 7) is 0.527. The number of nitriles is 1. The first-order chi connectivity index (χ1) is 9.07. The van der Waals surface area contributed by atoms with Crippen molar-refractivity contribution in [2.75, 3.05) is 7.05 Å². The molecule has 1 aromatic heterocycles. The average molecular weight is 297 g/mol. The SMILES string of the molecule is CN(Cc1ccc(Cl)s1)C(=O)C1(C#N)CCCCC1. The summed E-state index contributed by atoms with van der Waals surface area (Å²) in [5.41, 5.74) is -0.798. The molecule has 1 aliphatic rings. The highest BCUT2D eigenvalue weighted by atomic mass is 35.5. The molecule has 2 rings (SSSR count). The van der Waals surface area contributed by atoms with Gasteiger partial charge in [-0.2, -0.15) is 5.26 Å². The number of hydrogen-bond acceptors (Lipinski definition) is 3. The molecule has 3 nitrogen and oxygen atoms in total. The molecule has 0 unspecified atom stereocenters. The highest BCUT2D eigenvalue weighted by molar-refractivity contribution is 7.16. The maximum atomic E-state index is 12.5. The minimum absolute atomic E-state index is 0.0424. The third kappa shape index (κ3) is 3.10. The molecule has 1 aliphatic carbocycles. The van der Waals surface area contributed by atoms with E-state index in [1.54, 1.807) is 11.9 Å². The largest absolute Gasteiger partial charge is 0.339 e. The van der Waals surface area contributed by atoms with Gasteiger partial charge in [0.15, 0.2) is 0 Å². The zero-order valence-electron chi connectivity index (χ0n) is 11.0. The van der Waals surface area contributed by atoms with E-state index in [9.17, 15) is 10.1 Å². The fourth-order valence-electron chi connectivity index (χ4n) is 2.64. The first kappa shape index (κ1) is 14.4. The summed E-state index contributed by atoms with van der Waals surface area (Å²) in [6.07, 6.45) is 4.45. The first-order valence-electron chi connectivity index (χ1n) is 6.48. The van der Waals surface area contributed by atoms with Crippen molar-refractivity contribution < 1.29 is 4.79 Å². The lowest BCUT2D eigenvalue weighted by atomic mass is 9.74. The van der Waals surface area contributed by atoms with Crippen molar-refractivity contribution in [1.82, 2.24) is 4.90 Å². The van der Waals surface area contributed by atoms with Crippen LogP contribution in [0.2, 0.25) is 4.34 Å². The molecule has 102 valence electrons. The number of thiophene rings is 1. The standard InChI is InChI=1S/C14H17ClN2OS/c1-17(9-11-5-6-12(15)19-11)13(18)14(10-16)7-3-2-4-8-14/h5-6H,2-4,7-9H2,1H3. The number of hydrogen-bond donors (Lipinski definition) is 0. The average Bonchev–Trinajstić information content (AvgIpc) is 2.84. The molecule has 0 spiro atoms. The van der Waals surface area contributed by atoms with Crippen LogP contribution in [0.25, 0.3) is 0 Å². The second-order valence-electron chi connectivity index (χ2n) is 5.12. The maximum Gasteiger partial charge on any atom is 0.243 e. The van der Waals surface area contributed by atoms with E-state index in [1.165, 1.54) is 11.3 Å². The molecule has 1 fully saturated rings. The molecule has 1 aromatic rings. The highest BCUT2D eigenvalue weighted by Crippen LogP contribution is 2.37. The van der Waals surface area contributed by atoms with Crippen molar-refractivity contribution in [1.29, 1.82) is 5.26 Å². The van der Waals surface area contributed by atoms with Crippen molar-refractivity contribution >= 4 is 28.8 Å².